The van der Waals surface area contributed by atoms with E-state index in [1.54, 1.807) is 6.07 Å². The lowest BCUT2D eigenvalue weighted by Gasteiger charge is -2.30. The van der Waals surface area contributed by atoms with E-state index in [9.17, 15) is 4.79 Å². The van der Waals surface area contributed by atoms with Crippen molar-refractivity contribution in [1.29, 1.82) is 0 Å². The Labute approximate surface area is 140 Å². The van der Waals surface area contributed by atoms with Gasteiger partial charge in [0.05, 0.1) is 0 Å². The van der Waals surface area contributed by atoms with Crippen LogP contribution in [0.5, 0.6) is 5.75 Å². The molecule has 3 aromatic carbocycles. The Bertz CT molecular complexity index is 746. The van der Waals surface area contributed by atoms with E-state index in [4.69, 9.17) is 16.3 Å². The second-order valence-corrected chi connectivity index (χ2v) is 5.67. The van der Waals surface area contributed by atoms with E-state index >= 15 is 0 Å². The number of benzene rings is 3. The maximum absolute atomic E-state index is 10.9. The Morgan fingerprint density at radius 1 is 0.739 bits per heavy atom. The molecular formula is C20H15ClO2. The van der Waals surface area contributed by atoms with Crippen molar-refractivity contribution >= 4 is 18.1 Å². The van der Waals surface area contributed by atoms with Crippen LogP contribution in [-0.4, -0.2) is 6.47 Å². The zero-order valence-electron chi connectivity index (χ0n) is 12.4. The number of carbonyl (C=O) groups excluding carboxylic acids is 1. The Hall–Kier alpha value is -2.58. The zero-order valence-corrected chi connectivity index (χ0v) is 13.1. The lowest BCUT2D eigenvalue weighted by atomic mass is 9.83. The van der Waals surface area contributed by atoms with Crippen LogP contribution in [0.4, 0.5) is 0 Å². The number of carbonyl (C=O) groups is 1. The molecule has 0 bridgehead atoms. The summed E-state index contributed by atoms with van der Waals surface area (Å²) in [4.78, 5) is 9.92. The van der Waals surface area contributed by atoms with Gasteiger partial charge in [-0.25, -0.2) is 0 Å². The molecule has 0 atom stereocenters. The SMILES string of the molecule is O=COc1ccccc1C(Cl)(c1ccccc1)c1ccccc1. The van der Waals surface area contributed by atoms with Crippen LogP contribution in [0, 0.1) is 0 Å². The molecule has 0 aliphatic carbocycles. The molecule has 0 N–H and O–H groups in total. The van der Waals surface area contributed by atoms with Crippen LogP contribution >= 0.6 is 11.6 Å². The van der Waals surface area contributed by atoms with Crippen LogP contribution in [0.2, 0.25) is 0 Å². The summed E-state index contributed by atoms with van der Waals surface area (Å²) in [6, 6.07) is 26.9. The third-order valence-electron chi connectivity index (χ3n) is 3.78. The molecule has 0 heterocycles. The monoisotopic (exact) mass is 322 g/mol. The normalized spacial score (nSPS) is 11.0. The molecule has 0 radical (unpaired) electrons. The van der Waals surface area contributed by atoms with E-state index in [1.165, 1.54) is 0 Å². The van der Waals surface area contributed by atoms with Gasteiger partial charge in [0, 0.05) is 5.56 Å². The smallest absolute Gasteiger partial charge is 0.298 e. The first kappa shape index (κ1) is 15.3. The number of alkyl halides is 1. The van der Waals surface area contributed by atoms with Crippen molar-refractivity contribution in [3.8, 4) is 5.75 Å². The van der Waals surface area contributed by atoms with Crippen molar-refractivity contribution in [2.24, 2.45) is 0 Å². The molecule has 3 aromatic rings. The quantitative estimate of drug-likeness (QED) is 0.385. The van der Waals surface area contributed by atoms with E-state index in [1.807, 2.05) is 78.9 Å². The number of halogens is 1. The molecule has 0 saturated carbocycles. The molecule has 0 fully saturated rings. The number of rotatable bonds is 5. The molecule has 3 heteroatoms. The van der Waals surface area contributed by atoms with Crippen molar-refractivity contribution in [2.45, 2.75) is 4.87 Å². The highest BCUT2D eigenvalue weighted by atomic mass is 35.5. The zero-order chi connectivity index (χ0) is 16.1. The minimum Gasteiger partial charge on any atom is -0.428 e. The Morgan fingerprint density at radius 3 is 1.74 bits per heavy atom. The van der Waals surface area contributed by atoms with Crippen molar-refractivity contribution in [3.05, 3.63) is 102 Å². The van der Waals surface area contributed by atoms with E-state index in [-0.39, 0.29) is 0 Å². The van der Waals surface area contributed by atoms with Gasteiger partial charge in [-0.15, -0.1) is 11.6 Å². The molecule has 23 heavy (non-hydrogen) atoms. The van der Waals surface area contributed by atoms with Crippen LogP contribution in [0.3, 0.4) is 0 Å². The first-order valence-corrected chi connectivity index (χ1v) is 7.64. The van der Waals surface area contributed by atoms with Crippen molar-refractivity contribution in [2.75, 3.05) is 0 Å². The van der Waals surface area contributed by atoms with Crippen LogP contribution in [-0.2, 0) is 9.67 Å². The summed E-state index contributed by atoms with van der Waals surface area (Å²) in [6.07, 6.45) is 0. The second kappa shape index (κ2) is 6.67. The van der Waals surface area contributed by atoms with Gasteiger partial charge in [0.1, 0.15) is 10.6 Å². The fraction of sp³-hybridized carbons (Fsp3) is 0.0500. The topological polar surface area (TPSA) is 26.3 Å². The van der Waals surface area contributed by atoms with Gasteiger partial charge in [0.15, 0.2) is 0 Å². The Balaban J connectivity index is 2.28. The molecule has 0 unspecified atom stereocenters. The van der Waals surface area contributed by atoms with Gasteiger partial charge in [0.2, 0.25) is 0 Å². The summed E-state index contributed by atoms with van der Waals surface area (Å²) < 4.78 is 5.16. The highest BCUT2D eigenvalue weighted by molar-refractivity contribution is 6.28. The molecule has 0 aliphatic heterocycles. The molecule has 3 rings (SSSR count). The summed E-state index contributed by atoms with van der Waals surface area (Å²) in [7, 11) is 0. The fourth-order valence-corrected chi connectivity index (χ4v) is 3.13. The minimum absolute atomic E-state index is 0.423. The molecule has 114 valence electrons. The largest absolute Gasteiger partial charge is 0.428 e. The molecule has 0 aromatic heterocycles. The van der Waals surface area contributed by atoms with E-state index in [0.717, 1.165) is 16.7 Å². The van der Waals surface area contributed by atoms with Gasteiger partial charge < -0.3 is 4.74 Å². The van der Waals surface area contributed by atoms with E-state index in [0.29, 0.717) is 12.2 Å². The molecule has 2 nitrogen and oxygen atoms in total. The van der Waals surface area contributed by atoms with E-state index < -0.39 is 4.87 Å². The molecular weight excluding hydrogens is 308 g/mol. The minimum atomic E-state index is -0.942. The predicted molar refractivity (Wildman–Crippen MR) is 91.8 cm³/mol. The number of ether oxygens (including phenoxy) is 1. The average Bonchev–Trinajstić information content (AvgIpc) is 2.63. The number of hydrogen-bond acceptors (Lipinski definition) is 2. The highest BCUT2D eigenvalue weighted by Crippen LogP contribution is 2.46. The highest BCUT2D eigenvalue weighted by Gasteiger charge is 2.36. The summed E-state index contributed by atoms with van der Waals surface area (Å²) in [5.74, 6) is 0.449. The van der Waals surface area contributed by atoms with E-state index in [2.05, 4.69) is 0 Å². The third-order valence-corrected chi connectivity index (χ3v) is 4.42. The standard InChI is InChI=1S/C20H15ClO2/c21-20(16-9-3-1-4-10-16,17-11-5-2-6-12-17)18-13-7-8-14-19(18)23-15-22/h1-15H. The van der Waals surface area contributed by atoms with Crippen molar-refractivity contribution < 1.29 is 9.53 Å². The van der Waals surface area contributed by atoms with Crippen molar-refractivity contribution in [1.82, 2.24) is 0 Å². The van der Waals surface area contributed by atoms with Gasteiger partial charge >= 0.3 is 0 Å². The van der Waals surface area contributed by atoms with Crippen LogP contribution in [0.15, 0.2) is 84.9 Å². The molecule has 0 saturated heterocycles. The Morgan fingerprint density at radius 2 is 1.22 bits per heavy atom. The third kappa shape index (κ3) is 2.86. The van der Waals surface area contributed by atoms with Gasteiger partial charge in [0.25, 0.3) is 6.47 Å². The maximum atomic E-state index is 10.9. The van der Waals surface area contributed by atoms with Gasteiger partial charge in [-0.3, -0.25) is 4.79 Å². The van der Waals surface area contributed by atoms with Crippen LogP contribution in [0.25, 0.3) is 0 Å². The summed E-state index contributed by atoms with van der Waals surface area (Å²) >= 11 is 7.16. The lowest BCUT2D eigenvalue weighted by Crippen LogP contribution is -2.23. The summed E-state index contributed by atoms with van der Waals surface area (Å²) in [5, 5.41) is 0. The van der Waals surface area contributed by atoms with Gasteiger partial charge in [-0.1, -0.05) is 78.9 Å². The maximum Gasteiger partial charge on any atom is 0.298 e. The van der Waals surface area contributed by atoms with Crippen molar-refractivity contribution in [3.63, 3.8) is 0 Å². The van der Waals surface area contributed by atoms with Crippen LogP contribution < -0.4 is 4.74 Å². The van der Waals surface area contributed by atoms with Gasteiger partial charge in [-0.05, 0) is 17.2 Å². The molecule has 0 spiro atoms. The van der Waals surface area contributed by atoms with Crippen LogP contribution in [0.1, 0.15) is 16.7 Å². The Kier molecular flexibility index (Phi) is 4.45. The van der Waals surface area contributed by atoms with Gasteiger partial charge in [-0.2, -0.15) is 0 Å². The summed E-state index contributed by atoms with van der Waals surface area (Å²) in [5.41, 5.74) is 2.55. The first-order chi connectivity index (χ1) is 11.3. The number of hydrogen-bond donors (Lipinski definition) is 0. The first-order valence-electron chi connectivity index (χ1n) is 7.26. The average molecular weight is 323 g/mol. The lowest BCUT2D eigenvalue weighted by molar-refractivity contribution is -0.120. The summed E-state index contributed by atoms with van der Waals surface area (Å²) in [6.45, 7) is 0.423. The predicted octanol–water partition coefficient (Wildman–Crippen LogP) is 4.75. The molecule has 0 aliphatic rings. The number of para-hydroxylation sites is 1. The molecule has 0 amide bonds. The fourth-order valence-electron chi connectivity index (χ4n) is 2.72. The second-order valence-electron chi connectivity index (χ2n) is 5.10.